The van der Waals surface area contributed by atoms with E-state index in [0.29, 0.717) is 0 Å². The Morgan fingerprint density at radius 2 is 1.38 bits per heavy atom. The molecule has 0 rings (SSSR count). The van der Waals surface area contributed by atoms with Crippen LogP contribution < -0.4 is 0 Å². The first-order chi connectivity index (χ1) is 6.82. The number of aliphatic hydroxyl groups excluding tert-OH is 6. The van der Waals surface area contributed by atoms with Crippen LogP contribution >= 0.6 is 0 Å². The van der Waals surface area contributed by atoms with Crippen LogP contribution in [0.1, 0.15) is 0 Å². The molecule has 0 aliphatic rings. The summed E-state index contributed by atoms with van der Waals surface area (Å²) >= 11 is 0. The molecule has 2 radical (unpaired) electrons. The second kappa shape index (κ2) is 8.56. The summed E-state index contributed by atoms with van der Waals surface area (Å²) in [6.45, 7) is -0.881. The summed E-state index contributed by atoms with van der Waals surface area (Å²) in [5.74, 6) is -1.78. The van der Waals surface area contributed by atoms with Crippen molar-refractivity contribution in [3.63, 3.8) is 0 Å². The molecule has 0 aromatic rings. The summed E-state index contributed by atoms with van der Waals surface area (Å²) in [7, 11) is 0. The van der Waals surface area contributed by atoms with Gasteiger partial charge < -0.3 is 35.7 Å². The second-order valence-corrected chi connectivity index (χ2v) is 3.00. The Labute approximate surface area is 121 Å². The molecular formula is C7H14CaO8. The molecule has 0 bridgehead atoms. The van der Waals surface area contributed by atoms with E-state index in [1.165, 1.54) is 0 Å². The smallest absolute Gasteiger partial charge is 0.335 e. The molecule has 0 aromatic carbocycles. The Hall–Kier alpha value is 0.490. The minimum Gasteiger partial charge on any atom is -0.479 e. The first-order valence-corrected chi connectivity index (χ1v) is 4.07. The van der Waals surface area contributed by atoms with Crippen molar-refractivity contribution in [3.05, 3.63) is 0 Å². The topological polar surface area (TPSA) is 159 Å². The number of aliphatic carboxylic acids is 1. The van der Waals surface area contributed by atoms with E-state index in [2.05, 4.69) is 0 Å². The van der Waals surface area contributed by atoms with E-state index < -0.39 is 43.1 Å². The Balaban J connectivity index is 0. The maximum Gasteiger partial charge on any atom is 0.335 e. The SMILES string of the molecule is O=C(O)[C@H](O)[C@H](O)[C@@H](O)[C@H](O)[C@H](O)CO.[Ca]. The van der Waals surface area contributed by atoms with E-state index in [1.807, 2.05) is 0 Å². The van der Waals surface area contributed by atoms with E-state index in [-0.39, 0.29) is 37.7 Å². The van der Waals surface area contributed by atoms with Crippen LogP contribution in [0.3, 0.4) is 0 Å². The average Bonchev–Trinajstić information content (AvgIpc) is 2.23. The number of hydrogen-bond acceptors (Lipinski definition) is 7. The number of hydrogen-bond donors (Lipinski definition) is 7. The summed E-state index contributed by atoms with van der Waals surface area (Å²) in [4.78, 5) is 10.2. The van der Waals surface area contributed by atoms with Crippen LogP contribution in [0.4, 0.5) is 0 Å². The van der Waals surface area contributed by atoms with Gasteiger partial charge in [0.15, 0.2) is 6.10 Å². The molecule has 0 saturated heterocycles. The molecule has 0 aromatic heterocycles. The van der Waals surface area contributed by atoms with E-state index in [4.69, 9.17) is 35.7 Å². The fourth-order valence-electron chi connectivity index (χ4n) is 0.870. The van der Waals surface area contributed by atoms with Crippen LogP contribution in [-0.4, -0.2) is 117 Å². The van der Waals surface area contributed by atoms with Gasteiger partial charge in [-0.25, -0.2) is 4.79 Å². The molecule has 0 amide bonds. The predicted octanol–water partition coefficient (Wildman–Crippen LogP) is -4.51. The van der Waals surface area contributed by atoms with Gasteiger partial charge in [-0.1, -0.05) is 0 Å². The van der Waals surface area contributed by atoms with Crippen LogP contribution in [0, 0.1) is 0 Å². The Bertz CT molecular complexity index is 213. The van der Waals surface area contributed by atoms with Gasteiger partial charge in [0, 0.05) is 37.7 Å². The number of carboxylic acids is 1. The summed E-state index contributed by atoms with van der Waals surface area (Å²) in [6.07, 6.45) is -10.2. The van der Waals surface area contributed by atoms with Crippen molar-refractivity contribution in [1.82, 2.24) is 0 Å². The maximum atomic E-state index is 10.2. The van der Waals surface area contributed by atoms with Gasteiger partial charge in [0.05, 0.1) is 6.61 Å². The van der Waals surface area contributed by atoms with Crippen LogP contribution in [0.25, 0.3) is 0 Å². The second-order valence-electron chi connectivity index (χ2n) is 3.00. The van der Waals surface area contributed by atoms with E-state index in [1.54, 1.807) is 0 Å². The Morgan fingerprint density at radius 1 is 0.938 bits per heavy atom. The van der Waals surface area contributed by atoms with Gasteiger partial charge in [-0.15, -0.1) is 0 Å². The molecule has 92 valence electrons. The first-order valence-electron chi connectivity index (χ1n) is 4.07. The Morgan fingerprint density at radius 3 is 1.69 bits per heavy atom. The number of carbonyl (C=O) groups is 1. The van der Waals surface area contributed by atoms with Gasteiger partial charge in [0.25, 0.3) is 0 Å². The molecule has 0 saturated carbocycles. The van der Waals surface area contributed by atoms with Crippen LogP contribution in [-0.2, 0) is 4.79 Å². The van der Waals surface area contributed by atoms with Gasteiger partial charge in [-0.3, -0.25) is 0 Å². The summed E-state index contributed by atoms with van der Waals surface area (Å²) in [5.41, 5.74) is 0. The first kappa shape index (κ1) is 18.8. The zero-order valence-electron chi connectivity index (χ0n) is 8.34. The molecule has 7 N–H and O–H groups in total. The van der Waals surface area contributed by atoms with Crippen molar-refractivity contribution in [3.8, 4) is 0 Å². The van der Waals surface area contributed by atoms with Gasteiger partial charge in [0.2, 0.25) is 0 Å². The number of carboxylic acid groups (broad SMARTS) is 1. The Kier molecular flexibility index (Phi) is 10.1. The minimum absolute atomic E-state index is 0. The van der Waals surface area contributed by atoms with Crippen LogP contribution in [0.2, 0.25) is 0 Å². The fraction of sp³-hybridized carbons (Fsp3) is 0.857. The summed E-state index contributed by atoms with van der Waals surface area (Å²) in [5, 5.41) is 61.5. The van der Waals surface area contributed by atoms with Crippen LogP contribution in [0.5, 0.6) is 0 Å². The van der Waals surface area contributed by atoms with Gasteiger partial charge in [-0.2, -0.15) is 0 Å². The zero-order valence-corrected chi connectivity index (χ0v) is 10.5. The molecule has 0 spiro atoms. The van der Waals surface area contributed by atoms with E-state index >= 15 is 0 Å². The summed E-state index contributed by atoms with van der Waals surface area (Å²) in [6, 6.07) is 0. The molecule has 0 fully saturated rings. The molecular weight excluding hydrogens is 252 g/mol. The third-order valence-electron chi connectivity index (χ3n) is 1.86. The molecule has 0 heterocycles. The molecule has 16 heavy (non-hydrogen) atoms. The molecule has 0 unspecified atom stereocenters. The van der Waals surface area contributed by atoms with Crippen LogP contribution in [0.15, 0.2) is 0 Å². The number of rotatable bonds is 6. The quantitative estimate of drug-likeness (QED) is 0.237. The average molecular weight is 266 g/mol. The van der Waals surface area contributed by atoms with Crippen molar-refractivity contribution in [1.29, 1.82) is 0 Å². The van der Waals surface area contributed by atoms with Crippen molar-refractivity contribution in [2.45, 2.75) is 30.5 Å². The predicted molar refractivity (Wildman–Crippen MR) is 50.5 cm³/mol. The monoisotopic (exact) mass is 266 g/mol. The molecule has 0 aliphatic heterocycles. The van der Waals surface area contributed by atoms with Crippen molar-refractivity contribution in [2.75, 3.05) is 6.61 Å². The van der Waals surface area contributed by atoms with Crippen molar-refractivity contribution in [2.24, 2.45) is 0 Å². The number of aliphatic hydroxyl groups is 6. The standard InChI is InChI=1S/C7H14O8.Ca/c8-1-2(9)3(10)4(11)5(12)6(13)7(14)15;/h2-6,8-13H,1H2,(H,14,15);/t2-,3-,4+,5-,6-;/m1./s1. The van der Waals surface area contributed by atoms with Gasteiger partial charge in [-0.05, 0) is 0 Å². The molecule has 8 nitrogen and oxygen atoms in total. The normalized spacial score (nSPS) is 20.1. The maximum absolute atomic E-state index is 10.2. The summed E-state index contributed by atoms with van der Waals surface area (Å²) < 4.78 is 0. The molecule has 9 heteroatoms. The third kappa shape index (κ3) is 5.21. The minimum atomic E-state index is -2.29. The van der Waals surface area contributed by atoms with Gasteiger partial charge in [0.1, 0.15) is 24.4 Å². The van der Waals surface area contributed by atoms with E-state index in [0.717, 1.165) is 0 Å². The van der Waals surface area contributed by atoms with E-state index in [9.17, 15) is 4.79 Å². The van der Waals surface area contributed by atoms with Gasteiger partial charge >= 0.3 is 5.97 Å². The van der Waals surface area contributed by atoms with Crippen molar-refractivity contribution < 1.29 is 40.5 Å². The largest absolute Gasteiger partial charge is 0.479 e. The zero-order chi connectivity index (χ0) is 12.2. The molecule has 0 aliphatic carbocycles. The third-order valence-corrected chi connectivity index (χ3v) is 1.86. The van der Waals surface area contributed by atoms with Crippen molar-refractivity contribution >= 4 is 43.7 Å². The molecule has 5 atom stereocenters. The fourth-order valence-corrected chi connectivity index (χ4v) is 0.870.